The average molecular weight is 542 g/mol. The van der Waals surface area contributed by atoms with Crippen molar-refractivity contribution in [3.05, 3.63) is 53.1 Å². The molecule has 4 rings (SSSR count). The van der Waals surface area contributed by atoms with Crippen molar-refractivity contribution in [2.75, 3.05) is 37.6 Å². The highest BCUT2D eigenvalue weighted by molar-refractivity contribution is 7.81. The molecule has 1 saturated carbocycles. The van der Waals surface area contributed by atoms with Crippen LogP contribution in [0.25, 0.3) is 0 Å². The van der Waals surface area contributed by atoms with Gasteiger partial charge in [-0.2, -0.15) is 12.6 Å². The number of nitrogens with two attached hydrogens (primary N) is 1. The molecule has 0 spiro atoms. The summed E-state index contributed by atoms with van der Waals surface area (Å²) in [6.07, 6.45) is 1.79. The molecule has 2 fully saturated rings. The molecule has 208 valence electrons. The van der Waals surface area contributed by atoms with E-state index >= 15 is 0 Å². The number of nitrogens with one attached hydrogen (secondary N) is 1. The standard InChI is InChI=1S/C29H43N5O3S/c1-19(2)22-15-24(27(36)17-26(22)35)23-16-25(23)34(28(37)31-30)21-7-5-20(6-8-21)18-33-13-11-32(12-14-33)10-9-29(3,4)38/h5-8,15,17,19,23,25,35-36,38H,9-14,16,18,30H2,1-4H3,(H,31,37). The van der Waals surface area contributed by atoms with Gasteiger partial charge in [-0.3, -0.25) is 15.2 Å². The number of hydrogen-bond acceptors (Lipinski definition) is 7. The molecule has 9 heteroatoms. The van der Waals surface area contributed by atoms with Gasteiger partial charge in [0.15, 0.2) is 0 Å². The second-order valence-corrected chi connectivity index (χ2v) is 12.9. The second kappa shape index (κ2) is 11.7. The molecule has 2 atom stereocenters. The van der Waals surface area contributed by atoms with E-state index in [4.69, 9.17) is 5.84 Å². The van der Waals surface area contributed by atoms with Crippen LogP contribution in [0.15, 0.2) is 36.4 Å². The van der Waals surface area contributed by atoms with Crippen molar-refractivity contribution >= 4 is 24.3 Å². The molecule has 0 aromatic heterocycles. The first-order valence-electron chi connectivity index (χ1n) is 13.6. The fraction of sp³-hybridized carbons (Fsp3) is 0.552. The number of urea groups is 1. The summed E-state index contributed by atoms with van der Waals surface area (Å²) < 4.78 is 0.0650. The Bertz CT molecular complexity index is 1110. The quantitative estimate of drug-likeness (QED) is 0.140. The average Bonchev–Trinajstić information content (AvgIpc) is 3.64. The Labute approximate surface area is 232 Å². The van der Waals surface area contributed by atoms with Crippen molar-refractivity contribution in [2.45, 2.75) is 69.7 Å². The van der Waals surface area contributed by atoms with Crippen LogP contribution in [0.1, 0.15) is 69.1 Å². The summed E-state index contributed by atoms with van der Waals surface area (Å²) in [7, 11) is 0. The number of rotatable bonds is 9. The molecule has 0 radical (unpaired) electrons. The second-order valence-electron chi connectivity index (χ2n) is 11.7. The molecule has 5 N–H and O–H groups in total. The van der Waals surface area contributed by atoms with Gasteiger partial charge in [-0.05, 0) is 60.2 Å². The number of amides is 2. The number of carbonyl (C=O) groups is 1. The van der Waals surface area contributed by atoms with E-state index < -0.39 is 0 Å². The zero-order valence-corrected chi connectivity index (χ0v) is 23.9. The van der Waals surface area contributed by atoms with Crippen LogP contribution >= 0.6 is 12.6 Å². The van der Waals surface area contributed by atoms with Crippen molar-refractivity contribution in [1.29, 1.82) is 0 Å². The van der Waals surface area contributed by atoms with E-state index in [2.05, 4.69) is 53.8 Å². The number of piperazine rings is 1. The van der Waals surface area contributed by atoms with E-state index in [1.807, 2.05) is 32.0 Å². The molecule has 1 aliphatic heterocycles. The van der Waals surface area contributed by atoms with E-state index in [0.29, 0.717) is 6.42 Å². The number of nitrogens with zero attached hydrogens (tertiary/aromatic N) is 3. The van der Waals surface area contributed by atoms with Gasteiger partial charge in [0.1, 0.15) is 11.5 Å². The van der Waals surface area contributed by atoms with E-state index in [9.17, 15) is 15.0 Å². The summed E-state index contributed by atoms with van der Waals surface area (Å²) in [4.78, 5) is 19.5. The number of phenolic OH excluding ortho intramolecular Hbond substituents is 2. The van der Waals surface area contributed by atoms with Crippen LogP contribution in [-0.2, 0) is 6.54 Å². The lowest BCUT2D eigenvalue weighted by Crippen LogP contribution is -2.46. The first kappa shape index (κ1) is 28.5. The van der Waals surface area contributed by atoms with E-state index in [1.54, 1.807) is 4.90 Å². The zero-order valence-electron chi connectivity index (χ0n) is 23.0. The molecule has 38 heavy (non-hydrogen) atoms. The lowest BCUT2D eigenvalue weighted by Gasteiger charge is -2.35. The smallest absolute Gasteiger partial charge is 0.336 e. The number of hydrazine groups is 1. The van der Waals surface area contributed by atoms with Crippen molar-refractivity contribution in [2.24, 2.45) is 5.84 Å². The Morgan fingerprint density at radius 2 is 1.74 bits per heavy atom. The maximum Gasteiger partial charge on any atom is 0.336 e. The molecule has 2 unspecified atom stereocenters. The number of carbonyl (C=O) groups excluding carboxylic acids is 1. The molecule has 2 aliphatic rings. The Morgan fingerprint density at radius 1 is 1.11 bits per heavy atom. The molecule has 0 bridgehead atoms. The summed E-state index contributed by atoms with van der Waals surface area (Å²) in [6, 6.07) is 10.9. The maximum atomic E-state index is 12.8. The Morgan fingerprint density at radius 3 is 2.32 bits per heavy atom. The number of thiol groups is 1. The number of benzene rings is 2. The fourth-order valence-electron chi connectivity index (χ4n) is 5.32. The van der Waals surface area contributed by atoms with E-state index in [1.165, 1.54) is 11.6 Å². The van der Waals surface area contributed by atoms with Gasteiger partial charge < -0.3 is 15.1 Å². The lowest BCUT2D eigenvalue weighted by molar-refractivity contribution is 0.124. The molecule has 2 aromatic rings. The third-order valence-corrected chi connectivity index (χ3v) is 7.98. The molecular formula is C29H43N5O3S. The summed E-state index contributed by atoms with van der Waals surface area (Å²) in [6.45, 7) is 14.5. The van der Waals surface area contributed by atoms with Gasteiger partial charge in [0, 0.05) is 61.2 Å². The topological polar surface area (TPSA) is 105 Å². The van der Waals surface area contributed by atoms with Crippen LogP contribution in [0.4, 0.5) is 10.5 Å². The predicted molar refractivity (Wildman–Crippen MR) is 156 cm³/mol. The van der Waals surface area contributed by atoms with Gasteiger partial charge >= 0.3 is 6.03 Å². The molecule has 8 nitrogen and oxygen atoms in total. The van der Waals surface area contributed by atoms with Crippen LogP contribution in [-0.4, -0.2) is 69.6 Å². The van der Waals surface area contributed by atoms with E-state index in [0.717, 1.165) is 62.5 Å². The number of anilines is 1. The minimum Gasteiger partial charge on any atom is -0.508 e. The van der Waals surface area contributed by atoms with Gasteiger partial charge in [-0.1, -0.05) is 39.8 Å². The third-order valence-electron chi connectivity index (χ3n) is 7.75. The normalized spacial score (nSPS) is 20.5. The molecule has 2 aromatic carbocycles. The molecular weight excluding hydrogens is 498 g/mol. The molecule has 1 aliphatic carbocycles. The number of aromatic hydroxyl groups is 2. The zero-order chi connectivity index (χ0) is 27.6. The van der Waals surface area contributed by atoms with Crippen LogP contribution in [0.2, 0.25) is 0 Å². The van der Waals surface area contributed by atoms with Crippen LogP contribution < -0.4 is 16.2 Å². The van der Waals surface area contributed by atoms with Crippen LogP contribution in [0.5, 0.6) is 11.5 Å². The Kier molecular flexibility index (Phi) is 8.82. The number of phenols is 2. The highest BCUT2D eigenvalue weighted by Crippen LogP contribution is 2.50. The van der Waals surface area contributed by atoms with Crippen LogP contribution in [0.3, 0.4) is 0 Å². The van der Waals surface area contributed by atoms with Crippen molar-refractivity contribution in [3.8, 4) is 11.5 Å². The van der Waals surface area contributed by atoms with Crippen molar-refractivity contribution in [3.63, 3.8) is 0 Å². The van der Waals surface area contributed by atoms with Gasteiger partial charge in [0.05, 0.1) is 0 Å². The van der Waals surface area contributed by atoms with Crippen molar-refractivity contribution in [1.82, 2.24) is 15.2 Å². The third kappa shape index (κ3) is 6.94. The van der Waals surface area contributed by atoms with Crippen LogP contribution in [0, 0.1) is 0 Å². The van der Waals surface area contributed by atoms with Gasteiger partial charge in [-0.25, -0.2) is 10.6 Å². The molecule has 1 saturated heterocycles. The minimum atomic E-state index is -0.381. The summed E-state index contributed by atoms with van der Waals surface area (Å²) in [5, 5.41) is 20.8. The Hall–Kier alpha value is -2.46. The SMILES string of the molecule is CC(C)c1cc(C2CC2N(C(=O)NN)c2ccc(CN3CCN(CCC(C)(C)S)CC3)cc2)c(O)cc1O. The minimum absolute atomic E-state index is 0.0329. The van der Waals surface area contributed by atoms with Gasteiger partial charge in [-0.15, -0.1) is 0 Å². The lowest BCUT2D eigenvalue weighted by atomic mass is 9.97. The first-order chi connectivity index (χ1) is 18.0. The Balaban J connectivity index is 1.39. The largest absolute Gasteiger partial charge is 0.508 e. The molecule has 2 amide bonds. The summed E-state index contributed by atoms with van der Waals surface area (Å²) in [5.41, 5.74) is 5.79. The van der Waals surface area contributed by atoms with E-state index in [-0.39, 0.29) is 40.2 Å². The summed E-state index contributed by atoms with van der Waals surface area (Å²) >= 11 is 4.65. The summed E-state index contributed by atoms with van der Waals surface area (Å²) in [5.74, 6) is 5.77. The predicted octanol–water partition coefficient (Wildman–Crippen LogP) is 4.38. The maximum absolute atomic E-state index is 12.8. The van der Waals surface area contributed by atoms with Gasteiger partial charge in [0.25, 0.3) is 0 Å². The highest BCUT2D eigenvalue weighted by Gasteiger charge is 2.47. The number of hydrogen-bond donors (Lipinski definition) is 5. The molecule has 1 heterocycles. The monoisotopic (exact) mass is 541 g/mol. The highest BCUT2D eigenvalue weighted by atomic mass is 32.1. The fourth-order valence-corrected chi connectivity index (χ4v) is 5.42. The first-order valence-corrected chi connectivity index (χ1v) is 14.0. The van der Waals surface area contributed by atoms with Crippen molar-refractivity contribution < 1.29 is 15.0 Å². The van der Waals surface area contributed by atoms with Gasteiger partial charge in [0.2, 0.25) is 0 Å².